The summed E-state index contributed by atoms with van der Waals surface area (Å²) in [6.07, 6.45) is 0. The van der Waals surface area contributed by atoms with Gasteiger partial charge in [-0.1, -0.05) is 13.8 Å². The largest absolute Gasteiger partial charge is 0.497 e. The van der Waals surface area contributed by atoms with Crippen molar-refractivity contribution in [3.05, 3.63) is 23.8 Å². The molecule has 1 aromatic carbocycles. The topological polar surface area (TPSA) is 35.5 Å². The molecule has 0 N–H and O–H groups in total. The van der Waals surface area contributed by atoms with Gasteiger partial charge in [-0.25, -0.2) is 0 Å². The summed E-state index contributed by atoms with van der Waals surface area (Å²) in [6, 6.07) is 5.86. The fraction of sp³-hybridized carbons (Fsp3) is 0.500. The van der Waals surface area contributed by atoms with Gasteiger partial charge in [-0.2, -0.15) is 0 Å². The van der Waals surface area contributed by atoms with E-state index in [0.717, 1.165) is 16.2 Å². The molecule has 1 rings (SSSR count). The minimum atomic E-state index is -0.179. The monoisotopic (exact) mass is 268 g/mol. The van der Waals surface area contributed by atoms with E-state index in [1.165, 1.54) is 7.11 Å². The molecule has 100 valence electrons. The number of ether oxygens (including phenoxy) is 2. The van der Waals surface area contributed by atoms with Gasteiger partial charge in [0.15, 0.2) is 0 Å². The molecular weight excluding hydrogens is 248 g/mol. The third-order valence-electron chi connectivity index (χ3n) is 2.68. The Morgan fingerprint density at radius 1 is 1.28 bits per heavy atom. The maximum absolute atomic E-state index is 11.7. The maximum atomic E-state index is 11.7. The van der Waals surface area contributed by atoms with Gasteiger partial charge in [0, 0.05) is 4.90 Å². The Morgan fingerprint density at radius 3 is 2.39 bits per heavy atom. The summed E-state index contributed by atoms with van der Waals surface area (Å²) in [5.41, 5.74) is 1.11. The van der Waals surface area contributed by atoms with Crippen molar-refractivity contribution < 1.29 is 14.3 Å². The number of thioether (sulfide) groups is 1. The lowest BCUT2D eigenvalue weighted by Gasteiger charge is -2.19. The second-order valence-electron chi connectivity index (χ2n) is 4.44. The van der Waals surface area contributed by atoms with Gasteiger partial charge in [0.2, 0.25) is 0 Å². The SMILES string of the molecule is COC(=O)C(Sc1ccc(OC)cc1C)C(C)C. The van der Waals surface area contributed by atoms with Crippen LogP contribution in [0.5, 0.6) is 5.75 Å². The normalized spacial score (nSPS) is 12.3. The number of aryl methyl sites for hydroxylation is 1. The average molecular weight is 268 g/mol. The minimum Gasteiger partial charge on any atom is -0.497 e. The molecule has 0 aliphatic carbocycles. The molecule has 0 fully saturated rings. The van der Waals surface area contributed by atoms with Crippen LogP contribution in [0.2, 0.25) is 0 Å². The number of methoxy groups -OCH3 is 2. The van der Waals surface area contributed by atoms with E-state index in [-0.39, 0.29) is 17.1 Å². The zero-order chi connectivity index (χ0) is 13.7. The molecule has 18 heavy (non-hydrogen) atoms. The average Bonchev–Trinajstić information content (AvgIpc) is 2.35. The van der Waals surface area contributed by atoms with Crippen molar-refractivity contribution >= 4 is 17.7 Å². The lowest BCUT2D eigenvalue weighted by atomic mass is 10.1. The fourth-order valence-electron chi connectivity index (χ4n) is 1.59. The van der Waals surface area contributed by atoms with Crippen molar-refractivity contribution in [1.29, 1.82) is 0 Å². The molecule has 3 nitrogen and oxygen atoms in total. The van der Waals surface area contributed by atoms with Crippen LogP contribution in [-0.4, -0.2) is 25.4 Å². The summed E-state index contributed by atoms with van der Waals surface area (Å²) >= 11 is 1.55. The van der Waals surface area contributed by atoms with E-state index in [4.69, 9.17) is 9.47 Å². The number of carbonyl (C=O) groups is 1. The van der Waals surface area contributed by atoms with Gasteiger partial charge in [-0.05, 0) is 36.6 Å². The second-order valence-corrected chi connectivity index (χ2v) is 5.62. The maximum Gasteiger partial charge on any atom is 0.319 e. The smallest absolute Gasteiger partial charge is 0.319 e. The molecule has 0 spiro atoms. The highest BCUT2D eigenvalue weighted by atomic mass is 32.2. The molecule has 1 unspecified atom stereocenters. The zero-order valence-electron chi connectivity index (χ0n) is 11.5. The minimum absolute atomic E-state index is 0.176. The van der Waals surface area contributed by atoms with E-state index in [1.54, 1.807) is 18.9 Å². The first-order valence-corrected chi connectivity index (χ1v) is 6.76. The molecule has 0 radical (unpaired) electrons. The van der Waals surface area contributed by atoms with E-state index in [0.29, 0.717) is 0 Å². The number of carbonyl (C=O) groups excluding carboxylic acids is 1. The first-order chi connectivity index (χ1) is 8.49. The Bertz CT molecular complexity index is 416. The van der Waals surface area contributed by atoms with Gasteiger partial charge in [0.1, 0.15) is 11.0 Å². The van der Waals surface area contributed by atoms with Crippen molar-refractivity contribution in [2.45, 2.75) is 30.9 Å². The summed E-state index contributed by atoms with van der Waals surface area (Å²) in [5.74, 6) is 0.880. The molecule has 0 saturated heterocycles. The van der Waals surface area contributed by atoms with Gasteiger partial charge in [-0.15, -0.1) is 11.8 Å². The number of benzene rings is 1. The summed E-state index contributed by atoms with van der Waals surface area (Å²) in [5, 5.41) is -0.179. The van der Waals surface area contributed by atoms with E-state index in [1.807, 2.05) is 39.0 Å². The van der Waals surface area contributed by atoms with Crippen molar-refractivity contribution in [3.8, 4) is 5.75 Å². The van der Waals surface area contributed by atoms with Crippen molar-refractivity contribution in [3.63, 3.8) is 0 Å². The molecule has 0 saturated carbocycles. The van der Waals surface area contributed by atoms with Crippen LogP contribution >= 0.6 is 11.8 Å². The molecule has 0 aromatic heterocycles. The quantitative estimate of drug-likeness (QED) is 0.606. The van der Waals surface area contributed by atoms with Crippen molar-refractivity contribution in [2.24, 2.45) is 5.92 Å². The van der Waals surface area contributed by atoms with Crippen LogP contribution in [0.3, 0.4) is 0 Å². The predicted molar refractivity (Wildman–Crippen MR) is 74.2 cm³/mol. The summed E-state index contributed by atoms with van der Waals surface area (Å²) in [4.78, 5) is 12.8. The third-order valence-corrected chi connectivity index (χ3v) is 4.38. The summed E-state index contributed by atoms with van der Waals surface area (Å²) in [7, 11) is 3.08. The van der Waals surface area contributed by atoms with Crippen molar-refractivity contribution in [2.75, 3.05) is 14.2 Å². The Kier molecular flexibility index (Phi) is 5.54. The number of esters is 1. The third kappa shape index (κ3) is 3.67. The first kappa shape index (κ1) is 14.9. The summed E-state index contributed by atoms with van der Waals surface area (Å²) in [6.45, 7) is 6.06. The van der Waals surface area contributed by atoms with E-state index < -0.39 is 0 Å². The molecule has 0 amide bonds. The van der Waals surface area contributed by atoms with Gasteiger partial charge in [-0.3, -0.25) is 4.79 Å². The van der Waals surface area contributed by atoms with E-state index in [2.05, 4.69) is 0 Å². The Labute approximate surface area is 113 Å². The molecule has 1 atom stereocenters. The zero-order valence-corrected chi connectivity index (χ0v) is 12.3. The molecular formula is C14H20O3S. The van der Waals surface area contributed by atoms with Crippen LogP contribution in [-0.2, 0) is 9.53 Å². The van der Waals surface area contributed by atoms with Gasteiger partial charge >= 0.3 is 5.97 Å². The molecule has 0 aliphatic heterocycles. The van der Waals surface area contributed by atoms with Crippen molar-refractivity contribution in [1.82, 2.24) is 0 Å². The summed E-state index contributed by atoms with van der Waals surface area (Å²) < 4.78 is 10.0. The highest BCUT2D eigenvalue weighted by Gasteiger charge is 2.24. The Morgan fingerprint density at radius 2 is 1.94 bits per heavy atom. The van der Waals surface area contributed by atoms with Crippen LogP contribution in [0.15, 0.2) is 23.1 Å². The molecule has 0 bridgehead atoms. The molecule has 0 heterocycles. The standard InChI is InChI=1S/C14H20O3S/c1-9(2)13(14(15)17-5)18-12-7-6-11(16-4)8-10(12)3/h6-9,13H,1-5H3. The number of rotatable bonds is 5. The Hall–Kier alpha value is -1.16. The van der Waals surface area contributed by atoms with Gasteiger partial charge < -0.3 is 9.47 Å². The predicted octanol–water partition coefficient (Wildman–Crippen LogP) is 3.29. The number of hydrogen-bond donors (Lipinski definition) is 0. The first-order valence-electron chi connectivity index (χ1n) is 5.88. The molecule has 4 heteroatoms. The van der Waals surface area contributed by atoms with E-state index >= 15 is 0 Å². The fourth-order valence-corrected chi connectivity index (χ4v) is 2.72. The highest BCUT2D eigenvalue weighted by Crippen LogP contribution is 2.32. The highest BCUT2D eigenvalue weighted by molar-refractivity contribution is 8.00. The van der Waals surface area contributed by atoms with Gasteiger partial charge in [0.05, 0.1) is 14.2 Å². The molecule has 1 aromatic rings. The molecule has 0 aliphatic rings. The van der Waals surface area contributed by atoms with Crippen LogP contribution in [0.4, 0.5) is 0 Å². The second kappa shape index (κ2) is 6.69. The van der Waals surface area contributed by atoms with Gasteiger partial charge in [0.25, 0.3) is 0 Å². The lowest BCUT2D eigenvalue weighted by molar-refractivity contribution is -0.140. The van der Waals surface area contributed by atoms with Crippen LogP contribution in [0.25, 0.3) is 0 Å². The Balaban J connectivity index is 2.90. The number of hydrogen-bond acceptors (Lipinski definition) is 4. The van der Waals surface area contributed by atoms with Crippen LogP contribution in [0, 0.1) is 12.8 Å². The van der Waals surface area contributed by atoms with Crippen LogP contribution < -0.4 is 4.74 Å². The van der Waals surface area contributed by atoms with Crippen LogP contribution in [0.1, 0.15) is 19.4 Å². The van der Waals surface area contributed by atoms with E-state index in [9.17, 15) is 4.79 Å². The lowest BCUT2D eigenvalue weighted by Crippen LogP contribution is -2.24.